The number of amides is 1. The number of anilines is 1. The van der Waals surface area contributed by atoms with E-state index < -0.39 is 0 Å². The van der Waals surface area contributed by atoms with E-state index in [1.807, 2.05) is 39.2 Å². The molecule has 3 aromatic carbocycles. The fourth-order valence-electron chi connectivity index (χ4n) is 5.96. The molecule has 0 unspecified atom stereocenters. The number of fused-ring (bicyclic) bond motifs is 6. The van der Waals surface area contributed by atoms with Crippen LogP contribution in [-0.2, 0) is 6.73 Å². The molecular weight excluding hydrogens is 582 g/mol. The second-order valence-electron chi connectivity index (χ2n) is 11.2. The van der Waals surface area contributed by atoms with Crippen LogP contribution in [0.15, 0.2) is 77.2 Å². The number of furan rings is 1. The number of nitrogens with one attached hydrogen (secondary N) is 1. The van der Waals surface area contributed by atoms with Crippen LogP contribution < -0.4 is 14.4 Å². The molecule has 1 N–H and O–H groups in total. The summed E-state index contributed by atoms with van der Waals surface area (Å²) in [7, 11) is 1.56. The zero-order chi connectivity index (χ0) is 30.1. The van der Waals surface area contributed by atoms with Gasteiger partial charge in [-0.05, 0) is 79.4 Å². The zero-order valence-corrected chi connectivity index (χ0v) is 24.5. The number of halogens is 2. The SMILES string of the molecule is CNC(=O)c1c(-c2ccc(F)cc2)oc2cc(N(S)CC3CC3)c(-c3ccc4c(n3)-c3cc5c(F)cccc5n3CO4)cc12. The standard InChI is InChI=1S/C34H26F2N4O3S/c1-37-34(41)31-23-13-22(25-11-12-29-32(38-25)28-14-21-24(36)3-2-4-26(21)39(28)17-42-29)27(40(44)16-18-5-6-18)15-30(23)43-33(31)19-7-9-20(35)10-8-19/h2-4,7-15,18,44H,5-6,16-17H2,1H3,(H,37,41). The summed E-state index contributed by atoms with van der Waals surface area (Å²) in [6.45, 7) is 0.979. The van der Waals surface area contributed by atoms with Crippen LogP contribution in [0.25, 0.3) is 55.8 Å². The van der Waals surface area contributed by atoms with Gasteiger partial charge >= 0.3 is 0 Å². The Morgan fingerprint density at radius 3 is 2.66 bits per heavy atom. The Balaban J connectivity index is 1.35. The third-order valence-corrected chi connectivity index (χ3v) is 8.77. The number of thiol groups is 1. The number of hydrogen-bond acceptors (Lipinski definition) is 6. The Morgan fingerprint density at radius 2 is 1.89 bits per heavy atom. The predicted molar refractivity (Wildman–Crippen MR) is 169 cm³/mol. The molecule has 1 fully saturated rings. The van der Waals surface area contributed by atoms with E-state index in [9.17, 15) is 13.6 Å². The van der Waals surface area contributed by atoms with E-state index in [0.29, 0.717) is 56.3 Å². The van der Waals surface area contributed by atoms with Gasteiger partial charge in [0.25, 0.3) is 5.91 Å². The molecule has 7 nitrogen and oxygen atoms in total. The molecule has 2 aliphatic rings. The van der Waals surface area contributed by atoms with Crippen LogP contribution in [0.1, 0.15) is 23.2 Å². The number of pyridine rings is 1. The number of carbonyl (C=O) groups is 1. The first kappa shape index (κ1) is 26.8. The molecule has 0 atom stereocenters. The van der Waals surface area contributed by atoms with Crippen molar-refractivity contribution in [1.82, 2.24) is 14.9 Å². The highest BCUT2D eigenvalue weighted by Gasteiger charge is 2.29. The van der Waals surface area contributed by atoms with E-state index in [1.54, 1.807) is 31.3 Å². The highest BCUT2D eigenvalue weighted by molar-refractivity contribution is 7.81. The monoisotopic (exact) mass is 608 g/mol. The quantitative estimate of drug-likeness (QED) is 0.189. The van der Waals surface area contributed by atoms with Crippen molar-refractivity contribution in [3.8, 4) is 39.7 Å². The van der Waals surface area contributed by atoms with Crippen molar-refractivity contribution in [2.24, 2.45) is 5.92 Å². The van der Waals surface area contributed by atoms with Gasteiger partial charge in [-0.25, -0.2) is 13.8 Å². The third kappa shape index (κ3) is 4.31. The molecule has 8 rings (SSSR count). The van der Waals surface area contributed by atoms with E-state index in [4.69, 9.17) is 27.0 Å². The maximum Gasteiger partial charge on any atom is 0.255 e. The molecule has 10 heteroatoms. The van der Waals surface area contributed by atoms with Crippen molar-refractivity contribution >= 4 is 46.3 Å². The number of rotatable bonds is 6. The molecule has 4 heterocycles. The zero-order valence-electron chi connectivity index (χ0n) is 23.6. The van der Waals surface area contributed by atoms with Crippen LogP contribution in [0.3, 0.4) is 0 Å². The number of nitrogens with zero attached hydrogens (tertiary/aromatic N) is 3. The lowest BCUT2D eigenvalue weighted by Gasteiger charge is -2.23. The molecular formula is C34H26F2N4O3S. The maximum absolute atomic E-state index is 14.7. The highest BCUT2D eigenvalue weighted by atomic mass is 32.1. The Labute approximate surface area is 256 Å². The first-order valence-corrected chi connectivity index (χ1v) is 14.8. The molecule has 0 radical (unpaired) electrons. The number of aromatic nitrogens is 2. The van der Waals surface area contributed by atoms with E-state index in [2.05, 4.69) is 5.32 Å². The Morgan fingerprint density at radius 1 is 1.07 bits per heavy atom. The van der Waals surface area contributed by atoms with Crippen molar-refractivity contribution in [1.29, 1.82) is 0 Å². The summed E-state index contributed by atoms with van der Waals surface area (Å²) in [6, 6.07) is 20.2. The number of benzene rings is 3. The molecule has 0 saturated heterocycles. The molecule has 1 aliphatic carbocycles. The van der Waals surface area contributed by atoms with Crippen LogP contribution >= 0.6 is 12.8 Å². The Hall–Kier alpha value is -4.83. The molecule has 0 bridgehead atoms. The summed E-state index contributed by atoms with van der Waals surface area (Å²) in [5.74, 6) is 0.458. The lowest BCUT2D eigenvalue weighted by Crippen LogP contribution is -2.18. The van der Waals surface area contributed by atoms with Crippen molar-refractivity contribution in [3.63, 3.8) is 0 Å². The number of hydrogen-bond donors (Lipinski definition) is 2. The molecule has 1 saturated carbocycles. The van der Waals surface area contributed by atoms with Gasteiger partial charge in [-0.2, -0.15) is 0 Å². The normalized spacial score (nSPS) is 13.9. The van der Waals surface area contributed by atoms with Crippen LogP contribution in [0, 0.1) is 17.6 Å². The predicted octanol–water partition coefficient (Wildman–Crippen LogP) is 7.83. The summed E-state index contributed by atoms with van der Waals surface area (Å²) in [5, 5.41) is 3.80. The van der Waals surface area contributed by atoms with Gasteiger partial charge in [0.1, 0.15) is 34.4 Å². The van der Waals surface area contributed by atoms with Crippen LogP contribution in [0.2, 0.25) is 0 Å². The fraction of sp³-hybridized carbons (Fsp3) is 0.176. The number of ether oxygens (including phenoxy) is 1. The second kappa shape index (κ2) is 10.1. The topological polar surface area (TPSA) is 72.5 Å². The lowest BCUT2D eigenvalue weighted by atomic mass is 10.00. The largest absolute Gasteiger partial charge is 0.470 e. The third-order valence-electron chi connectivity index (χ3n) is 8.39. The molecule has 44 heavy (non-hydrogen) atoms. The van der Waals surface area contributed by atoms with E-state index in [0.717, 1.165) is 41.8 Å². The van der Waals surface area contributed by atoms with Gasteiger partial charge in [0.15, 0.2) is 6.73 Å². The average Bonchev–Trinajstić information content (AvgIpc) is 3.64. The van der Waals surface area contributed by atoms with Gasteiger partial charge in [0.2, 0.25) is 0 Å². The minimum absolute atomic E-state index is 0.246. The van der Waals surface area contributed by atoms with E-state index in [-0.39, 0.29) is 24.3 Å². The van der Waals surface area contributed by atoms with E-state index >= 15 is 0 Å². The van der Waals surface area contributed by atoms with Crippen LogP contribution in [0.4, 0.5) is 14.5 Å². The molecule has 1 amide bonds. The molecule has 0 spiro atoms. The van der Waals surface area contributed by atoms with Gasteiger partial charge in [-0.1, -0.05) is 18.9 Å². The lowest BCUT2D eigenvalue weighted by molar-refractivity contribution is 0.0964. The Kier molecular flexibility index (Phi) is 6.16. The number of carbonyl (C=O) groups excluding carboxylic acids is 1. The highest BCUT2D eigenvalue weighted by Crippen LogP contribution is 2.44. The smallest absolute Gasteiger partial charge is 0.255 e. The summed E-state index contributed by atoms with van der Waals surface area (Å²) in [6.07, 6.45) is 2.28. The van der Waals surface area contributed by atoms with Crippen molar-refractivity contribution < 1.29 is 22.7 Å². The summed E-state index contributed by atoms with van der Waals surface area (Å²) in [4.78, 5) is 18.3. The Bertz CT molecular complexity index is 2120. The van der Waals surface area contributed by atoms with Gasteiger partial charge in [0.05, 0.1) is 28.2 Å². The first-order chi connectivity index (χ1) is 21.4. The van der Waals surface area contributed by atoms with Gasteiger partial charge in [0, 0.05) is 41.6 Å². The van der Waals surface area contributed by atoms with Crippen molar-refractivity contribution in [2.75, 3.05) is 17.9 Å². The molecule has 1 aliphatic heterocycles. The molecule has 6 aromatic rings. The molecule has 220 valence electrons. The minimum Gasteiger partial charge on any atom is -0.470 e. The summed E-state index contributed by atoms with van der Waals surface area (Å²) >= 11 is 4.88. The summed E-state index contributed by atoms with van der Waals surface area (Å²) in [5.41, 5.74) is 5.63. The van der Waals surface area contributed by atoms with Crippen molar-refractivity contribution in [3.05, 3.63) is 90.0 Å². The van der Waals surface area contributed by atoms with Crippen molar-refractivity contribution in [2.45, 2.75) is 19.6 Å². The molecule has 3 aromatic heterocycles. The van der Waals surface area contributed by atoms with Gasteiger partial charge in [-0.15, -0.1) is 0 Å². The average molecular weight is 609 g/mol. The maximum atomic E-state index is 14.7. The van der Waals surface area contributed by atoms with Gasteiger partial charge in [-0.3, -0.25) is 4.79 Å². The van der Waals surface area contributed by atoms with E-state index in [1.165, 1.54) is 18.2 Å². The first-order valence-electron chi connectivity index (χ1n) is 14.4. The summed E-state index contributed by atoms with van der Waals surface area (Å²) < 4.78 is 44.6. The van der Waals surface area contributed by atoms with Crippen LogP contribution in [0.5, 0.6) is 5.75 Å². The van der Waals surface area contributed by atoms with Crippen LogP contribution in [-0.4, -0.2) is 29.1 Å². The second-order valence-corrected chi connectivity index (χ2v) is 11.7. The van der Waals surface area contributed by atoms with Gasteiger partial charge < -0.3 is 23.3 Å². The minimum atomic E-state index is -0.383. The fourth-order valence-corrected chi connectivity index (χ4v) is 6.36.